The third-order valence-corrected chi connectivity index (χ3v) is 8.01. The molecule has 4 heterocycles. The molecule has 2 unspecified atom stereocenters. The van der Waals surface area contributed by atoms with Crippen LogP contribution in [0.25, 0.3) is 11.1 Å². The molecule has 2 aromatic heterocycles. The first-order chi connectivity index (χ1) is 19.5. The monoisotopic (exact) mass is 548 g/mol. The van der Waals surface area contributed by atoms with E-state index < -0.39 is 6.04 Å². The van der Waals surface area contributed by atoms with E-state index in [4.69, 9.17) is 4.99 Å². The fraction of sp³-hybridized carbons (Fsp3) is 0.250. The maximum Gasteiger partial charge on any atom is 0.244 e. The van der Waals surface area contributed by atoms with Crippen LogP contribution in [-0.2, 0) is 24.2 Å². The number of anilines is 1. The van der Waals surface area contributed by atoms with Gasteiger partial charge >= 0.3 is 0 Å². The van der Waals surface area contributed by atoms with Gasteiger partial charge in [0.05, 0.1) is 23.3 Å². The number of carbonyl (C=O) groups is 1. The van der Waals surface area contributed by atoms with Gasteiger partial charge < -0.3 is 10.2 Å². The number of hydrogen-bond acceptors (Lipinski definition) is 7. The third-order valence-electron chi connectivity index (χ3n) is 7.37. The molecule has 0 saturated carbocycles. The van der Waals surface area contributed by atoms with Gasteiger partial charge in [-0.15, -0.1) is 11.3 Å². The largest absolute Gasteiger partial charge is 0.344 e. The van der Waals surface area contributed by atoms with E-state index in [2.05, 4.69) is 64.8 Å². The molecule has 2 N–H and O–H groups in total. The number of amides is 1. The van der Waals surface area contributed by atoms with Crippen LogP contribution in [0.2, 0.25) is 0 Å². The first kappa shape index (κ1) is 26.1. The fourth-order valence-electron chi connectivity index (χ4n) is 5.49. The van der Waals surface area contributed by atoms with Gasteiger partial charge in [-0.2, -0.15) is 0 Å². The predicted octanol–water partition coefficient (Wildman–Crippen LogP) is 5.14. The quantitative estimate of drug-likeness (QED) is 0.319. The molecule has 0 spiro atoms. The minimum atomic E-state index is -0.390. The Morgan fingerprint density at radius 1 is 1.15 bits per heavy atom. The molecule has 0 radical (unpaired) electrons. The van der Waals surface area contributed by atoms with Crippen LogP contribution in [0.4, 0.5) is 5.69 Å². The molecule has 202 valence electrons. The summed E-state index contributed by atoms with van der Waals surface area (Å²) in [5, 5.41) is 9.02. The number of aromatic nitrogens is 2. The highest BCUT2D eigenvalue weighted by molar-refractivity contribution is 7.07. The molecule has 0 fully saturated rings. The second-order valence-corrected chi connectivity index (χ2v) is 11.0. The molecule has 2 aliphatic heterocycles. The van der Waals surface area contributed by atoms with Crippen molar-refractivity contribution in [3.8, 4) is 11.1 Å². The molecule has 0 saturated heterocycles. The van der Waals surface area contributed by atoms with Gasteiger partial charge in [0.15, 0.2) is 0 Å². The maximum atomic E-state index is 14.3. The van der Waals surface area contributed by atoms with E-state index in [-0.39, 0.29) is 11.9 Å². The van der Waals surface area contributed by atoms with Gasteiger partial charge in [0.2, 0.25) is 5.91 Å². The van der Waals surface area contributed by atoms with Crippen LogP contribution in [0.1, 0.15) is 36.2 Å². The lowest BCUT2D eigenvalue weighted by molar-refractivity contribution is -0.120. The lowest BCUT2D eigenvalue weighted by Crippen LogP contribution is -2.47. The topological polar surface area (TPSA) is 82.5 Å². The van der Waals surface area contributed by atoms with E-state index >= 15 is 0 Å². The van der Waals surface area contributed by atoms with Crippen molar-refractivity contribution in [1.82, 2.24) is 20.6 Å². The van der Waals surface area contributed by atoms with Crippen molar-refractivity contribution in [1.29, 1.82) is 0 Å². The zero-order valence-electron chi connectivity index (χ0n) is 22.7. The summed E-state index contributed by atoms with van der Waals surface area (Å²) in [7, 11) is 0. The van der Waals surface area contributed by atoms with Gasteiger partial charge in [-0.3, -0.25) is 20.1 Å². The zero-order valence-corrected chi connectivity index (χ0v) is 23.5. The van der Waals surface area contributed by atoms with Crippen LogP contribution in [0.15, 0.2) is 94.6 Å². The Balaban J connectivity index is 1.38. The van der Waals surface area contributed by atoms with Gasteiger partial charge in [-0.05, 0) is 79.3 Å². The first-order valence-electron chi connectivity index (χ1n) is 13.6. The molecule has 7 nitrogen and oxygen atoms in total. The van der Waals surface area contributed by atoms with Gasteiger partial charge in [0.25, 0.3) is 0 Å². The molecular formula is C32H32N6OS. The van der Waals surface area contributed by atoms with E-state index in [0.29, 0.717) is 19.5 Å². The highest BCUT2D eigenvalue weighted by Crippen LogP contribution is 2.37. The minimum absolute atomic E-state index is 0.0682. The van der Waals surface area contributed by atoms with E-state index in [1.807, 2.05) is 46.1 Å². The summed E-state index contributed by atoms with van der Waals surface area (Å²) in [6.45, 7) is 5.33. The van der Waals surface area contributed by atoms with Gasteiger partial charge in [0, 0.05) is 47.8 Å². The normalized spacial score (nSPS) is 17.1. The summed E-state index contributed by atoms with van der Waals surface area (Å²) in [6.07, 6.45) is 7.09. The van der Waals surface area contributed by atoms with Crippen molar-refractivity contribution in [3.63, 3.8) is 0 Å². The molecule has 2 aromatic carbocycles. The average Bonchev–Trinajstić information content (AvgIpc) is 3.65. The lowest BCUT2D eigenvalue weighted by Gasteiger charge is -2.26. The Morgan fingerprint density at radius 3 is 2.73 bits per heavy atom. The summed E-state index contributed by atoms with van der Waals surface area (Å²) < 4.78 is 0. The summed E-state index contributed by atoms with van der Waals surface area (Å²) >= 11 is 1.56. The standard InChI is InChI=1S/C32H32N6OS/c1-21-14-22(2)37-31(36-21)28-16-25(24-8-11-33-12-9-24)17-30-27(28)10-13-38(30)32(39)29(15-23-6-4-3-5-7-23)34-18-26-19-40-20-35-26/h3-9,11-12,14,16-17,19-21,29,34H,10,13,15,18H2,1-2H3,(H,36,37). The number of allylic oxidation sites excluding steroid dienone is 1. The zero-order chi connectivity index (χ0) is 27.5. The van der Waals surface area contributed by atoms with Crippen LogP contribution < -0.4 is 15.5 Å². The van der Waals surface area contributed by atoms with Gasteiger partial charge in [0.1, 0.15) is 5.84 Å². The molecule has 0 bridgehead atoms. The number of amidine groups is 1. The Morgan fingerprint density at radius 2 is 1.98 bits per heavy atom. The van der Waals surface area contributed by atoms with E-state index in [1.54, 1.807) is 23.7 Å². The second kappa shape index (κ2) is 11.5. The number of nitrogens with one attached hydrogen (secondary N) is 2. The Hall–Kier alpha value is -4.14. The van der Waals surface area contributed by atoms with Crippen LogP contribution in [0.5, 0.6) is 0 Å². The molecule has 4 aromatic rings. The number of benzene rings is 2. The Kier molecular flexibility index (Phi) is 7.53. The van der Waals surface area contributed by atoms with Crippen molar-refractivity contribution in [2.75, 3.05) is 11.4 Å². The summed E-state index contributed by atoms with van der Waals surface area (Å²) in [5.74, 6) is 0.926. The van der Waals surface area contributed by atoms with E-state index in [1.165, 1.54) is 0 Å². The second-order valence-electron chi connectivity index (χ2n) is 10.3. The van der Waals surface area contributed by atoms with E-state index in [9.17, 15) is 4.79 Å². The average molecular weight is 549 g/mol. The number of rotatable bonds is 8. The van der Waals surface area contributed by atoms with Crippen molar-refractivity contribution < 1.29 is 4.79 Å². The Labute approximate surface area is 238 Å². The maximum absolute atomic E-state index is 14.3. The highest BCUT2D eigenvalue weighted by atomic mass is 32.1. The summed E-state index contributed by atoms with van der Waals surface area (Å²) in [6, 6.07) is 18.2. The molecular weight excluding hydrogens is 516 g/mol. The smallest absolute Gasteiger partial charge is 0.244 e. The SMILES string of the molecule is CC1=CC(C)N=C(c2cc(-c3ccncc3)cc3c2CCN3C(=O)C(Cc2ccccc2)NCc2cscn2)N1. The van der Waals surface area contributed by atoms with Gasteiger partial charge in [-0.25, -0.2) is 4.98 Å². The lowest BCUT2D eigenvalue weighted by atomic mass is 9.96. The van der Waals surface area contributed by atoms with Crippen LogP contribution >= 0.6 is 11.3 Å². The predicted molar refractivity (Wildman–Crippen MR) is 162 cm³/mol. The number of carbonyl (C=O) groups excluding carboxylic acids is 1. The molecule has 8 heteroatoms. The summed E-state index contributed by atoms with van der Waals surface area (Å²) in [4.78, 5) is 29.8. The third kappa shape index (κ3) is 5.59. The Bertz CT molecular complexity index is 1550. The molecule has 1 amide bonds. The number of hydrogen-bond donors (Lipinski definition) is 2. The van der Waals surface area contributed by atoms with Gasteiger partial charge in [-0.1, -0.05) is 30.3 Å². The molecule has 6 rings (SSSR count). The number of pyridine rings is 1. The van der Waals surface area contributed by atoms with E-state index in [0.717, 1.165) is 57.2 Å². The van der Waals surface area contributed by atoms with Crippen LogP contribution in [-0.4, -0.2) is 40.3 Å². The number of fused-ring (bicyclic) bond motifs is 1. The molecule has 0 aliphatic carbocycles. The number of aliphatic imine (C=N–C) groups is 1. The molecule has 40 heavy (non-hydrogen) atoms. The van der Waals surface area contributed by atoms with Crippen molar-refractivity contribution in [3.05, 3.63) is 112 Å². The highest BCUT2D eigenvalue weighted by Gasteiger charge is 2.33. The van der Waals surface area contributed by atoms with Crippen molar-refractivity contribution in [2.24, 2.45) is 4.99 Å². The number of nitrogens with zero attached hydrogens (tertiary/aromatic N) is 4. The minimum Gasteiger partial charge on any atom is -0.344 e. The fourth-order valence-corrected chi connectivity index (χ4v) is 6.05. The van der Waals surface area contributed by atoms with Crippen LogP contribution in [0, 0.1) is 0 Å². The number of thiazole rings is 1. The van der Waals surface area contributed by atoms with Crippen LogP contribution in [0.3, 0.4) is 0 Å². The molecule has 2 atom stereocenters. The van der Waals surface area contributed by atoms with Crippen molar-refractivity contribution >= 4 is 28.8 Å². The van der Waals surface area contributed by atoms with Crippen molar-refractivity contribution in [2.45, 2.75) is 45.3 Å². The first-order valence-corrected chi connectivity index (χ1v) is 14.6. The molecule has 2 aliphatic rings. The summed E-state index contributed by atoms with van der Waals surface area (Å²) in [5.41, 5.74) is 10.2.